The molecule has 0 bridgehead atoms. The quantitative estimate of drug-likeness (QED) is 0.322. The Balaban J connectivity index is 0.00000312. The Kier molecular flexibility index (Phi) is 10.9. The van der Waals surface area contributed by atoms with E-state index in [2.05, 4.69) is 20.5 Å². The largest absolute Gasteiger partial charge is 0.395 e. The van der Waals surface area contributed by atoms with Gasteiger partial charge in [0.1, 0.15) is 5.82 Å². The molecule has 0 aliphatic carbocycles. The number of hydrogen-bond acceptors (Lipinski definition) is 4. The van der Waals surface area contributed by atoms with E-state index in [1.165, 1.54) is 12.1 Å². The normalized spacial score (nSPS) is 16.8. The zero-order valence-corrected chi connectivity index (χ0v) is 16.9. The van der Waals surface area contributed by atoms with Gasteiger partial charge in [0.05, 0.1) is 32.4 Å². The van der Waals surface area contributed by atoms with Crippen LogP contribution in [0.5, 0.6) is 0 Å². The molecule has 1 heterocycles. The van der Waals surface area contributed by atoms with Crippen molar-refractivity contribution in [2.45, 2.75) is 13.0 Å². The van der Waals surface area contributed by atoms with Crippen LogP contribution in [0.1, 0.15) is 18.5 Å². The van der Waals surface area contributed by atoms with Gasteiger partial charge in [0.25, 0.3) is 0 Å². The average Bonchev–Trinajstić information content (AvgIpc) is 2.62. The summed E-state index contributed by atoms with van der Waals surface area (Å²) in [6, 6.07) is 6.68. The summed E-state index contributed by atoms with van der Waals surface area (Å²) in [4.78, 5) is 6.95. The fraction of sp³-hybridized carbons (Fsp3) is 0.588. The Morgan fingerprint density at radius 3 is 2.56 bits per heavy atom. The molecule has 6 nitrogen and oxygen atoms in total. The molecule has 1 aliphatic heterocycles. The van der Waals surface area contributed by atoms with Crippen LogP contribution < -0.4 is 10.6 Å². The van der Waals surface area contributed by atoms with Crippen molar-refractivity contribution in [1.29, 1.82) is 0 Å². The van der Waals surface area contributed by atoms with Crippen molar-refractivity contribution in [3.8, 4) is 0 Å². The molecule has 1 aromatic carbocycles. The zero-order chi connectivity index (χ0) is 17.2. The van der Waals surface area contributed by atoms with E-state index in [4.69, 9.17) is 9.84 Å². The summed E-state index contributed by atoms with van der Waals surface area (Å²) in [5.74, 6) is 0.438. The number of guanidine groups is 1. The van der Waals surface area contributed by atoms with E-state index in [0.717, 1.165) is 25.2 Å². The van der Waals surface area contributed by atoms with E-state index >= 15 is 0 Å². The summed E-state index contributed by atoms with van der Waals surface area (Å²) >= 11 is 0. The summed E-state index contributed by atoms with van der Waals surface area (Å²) in [5, 5.41) is 15.2. The van der Waals surface area contributed by atoms with Gasteiger partial charge >= 0.3 is 0 Å². The molecule has 0 radical (unpaired) electrons. The maximum absolute atomic E-state index is 13.2. The minimum Gasteiger partial charge on any atom is -0.395 e. The van der Waals surface area contributed by atoms with Crippen molar-refractivity contribution in [3.63, 3.8) is 0 Å². The number of hydrogen-bond donors (Lipinski definition) is 3. The Bertz CT molecular complexity index is 510. The number of nitrogens with one attached hydrogen (secondary N) is 2. The van der Waals surface area contributed by atoms with Gasteiger partial charge in [-0.3, -0.25) is 9.89 Å². The molecule has 2 rings (SSSR count). The highest BCUT2D eigenvalue weighted by Gasteiger charge is 2.22. The van der Waals surface area contributed by atoms with Crippen LogP contribution in [0.25, 0.3) is 0 Å². The number of benzene rings is 1. The first-order valence-corrected chi connectivity index (χ1v) is 8.45. The van der Waals surface area contributed by atoms with Gasteiger partial charge in [-0.05, 0) is 24.6 Å². The van der Waals surface area contributed by atoms with Gasteiger partial charge < -0.3 is 20.5 Å². The second-order valence-electron chi connectivity index (χ2n) is 5.59. The van der Waals surface area contributed by atoms with E-state index in [1.807, 2.05) is 19.1 Å². The molecule has 0 spiro atoms. The van der Waals surface area contributed by atoms with Crippen LogP contribution in [0, 0.1) is 5.82 Å². The van der Waals surface area contributed by atoms with E-state index in [9.17, 15) is 4.39 Å². The Hall–Kier alpha value is -0.970. The van der Waals surface area contributed by atoms with Crippen LogP contribution in [-0.4, -0.2) is 68.5 Å². The number of rotatable bonds is 7. The molecule has 1 atom stereocenters. The molecule has 0 aromatic heterocycles. The van der Waals surface area contributed by atoms with E-state index < -0.39 is 0 Å². The number of aliphatic hydroxyl groups is 1. The number of aliphatic imine (C=N–C) groups is 1. The molecular weight excluding hydrogens is 438 g/mol. The highest BCUT2D eigenvalue weighted by molar-refractivity contribution is 14.0. The fourth-order valence-electron chi connectivity index (χ4n) is 2.70. The molecule has 0 saturated carbocycles. The van der Waals surface area contributed by atoms with Gasteiger partial charge in [0.15, 0.2) is 5.96 Å². The third kappa shape index (κ3) is 7.43. The fourth-order valence-corrected chi connectivity index (χ4v) is 2.70. The van der Waals surface area contributed by atoms with Crippen molar-refractivity contribution in [1.82, 2.24) is 15.5 Å². The molecule has 1 unspecified atom stereocenters. The van der Waals surface area contributed by atoms with E-state index in [1.54, 1.807) is 0 Å². The van der Waals surface area contributed by atoms with Crippen LogP contribution in [0.3, 0.4) is 0 Å². The lowest BCUT2D eigenvalue weighted by molar-refractivity contribution is 0.0179. The predicted octanol–water partition coefficient (Wildman–Crippen LogP) is 1.36. The third-order valence-corrected chi connectivity index (χ3v) is 3.91. The van der Waals surface area contributed by atoms with Gasteiger partial charge in [-0.2, -0.15) is 0 Å². The topological polar surface area (TPSA) is 69.1 Å². The molecule has 1 aromatic rings. The molecule has 1 aliphatic rings. The molecule has 3 N–H and O–H groups in total. The van der Waals surface area contributed by atoms with Crippen molar-refractivity contribution in [2.24, 2.45) is 4.99 Å². The molecule has 142 valence electrons. The molecule has 0 amide bonds. The standard InChI is InChI=1S/C17H27FN4O2.HI/c1-2-19-17(20-7-10-23)21-13-16(22-8-11-24-12-9-22)14-3-5-15(18)6-4-14;/h3-6,16,23H,2,7-13H2,1H3,(H2,19,20,21);1H. The van der Waals surface area contributed by atoms with Crippen LogP contribution in [0.4, 0.5) is 4.39 Å². The Labute approximate surface area is 165 Å². The van der Waals surface area contributed by atoms with Gasteiger partial charge in [0, 0.05) is 26.2 Å². The van der Waals surface area contributed by atoms with Crippen molar-refractivity contribution in [2.75, 3.05) is 52.5 Å². The Morgan fingerprint density at radius 2 is 1.96 bits per heavy atom. The van der Waals surface area contributed by atoms with Crippen LogP contribution in [0.2, 0.25) is 0 Å². The van der Waals surface area contributed by atoms with Crippen LogP contribution in [-0.2, 0) is 4.74 Å². The minimum atomic E-state index is -0.235. The van der Waals surface area contributed by atoms with E-state index in [0.29, 0.717) is 32.3 Å². The maximum Gasteiger partial charge on any atom is 0.191 e. The predicted molar refractivity (Wildman–Crippen MR) is 108 cm³/mol. The molecular formula is C17H28FIN4O2. The second kappa shape index (κ2) is 12.4. The number of halogens is 2. The highest BCUT2D eigenvalue weighted by atomic mass is 127. The van der Waals surface area contributed by atoms with Gasteiger partial charge in [-0.25, -0.2) is 4.39 Å². The number of aliphatic hydroxyl groups excluding tert-OH is 1. The van der Waals surface area contributed by atoms with Gasteiger partial charge in [-0.15, -0.1) is 24.0 Å². The summed E-state index contributed by atoms with van der Waals surface area (Å²) in [6.45, 7) is 6.85. The number of morpholine rings is 1. The summed E-state index contributed by atoms with van der Waals surface area (Å²) in [7, 11) is 0. The van der Waals surface area contributed by atoms with Crippen molar-refractivity contribution >= 4 is 29.9 Å². The average molecular weight is 466 g/mol. The first-order valence-electron chi connectivity index (χ1n) is 8.45. The summed E-state index contributed by atoms with van der Waals surface area (Å²) in [5.41, 5.74) is 1.04. The zero-order valence-electron chi connectivity index (χ0n) is 14.6. The molecule has 1 fully saturated rings. The van der Waals surface area contributed by atoms with Gasteiger partial charge in [-0.1, -0.05) is 12.1 Å². The smallest absolute Gasteiger partial charge is 0.191 e. The minimum absolute atomic E-state index is 0. The second-order valence-corrected chi connectivity index (χ2v) is 5.59. The van der Waals surface area contributed by atoms with Crippen molar-refractivity contribution < 1.29 is 14.2 Å². The first kappa shape index (κ1) is 22.1. The lowest BCUT2D eigenvalue weighted by Crippen LogP contribution is -2.42. The summed E-state index contributed by atoms with van der Waals surface area (Å²) in [6.07, 6.45) is 0. The van der Waals surface area contributed by atoms with E-state index in [-0.39, 0.29) is 42.4 Å². The monoisotopic (exact) mass is 466 g/mol. The van der Waals surface area contributed by atoms with Crippen LogP contribution in [0.15, 0.2) is 29.3 Å². The van der Waals surface area contributed by atoms with Crippen molar-refractivity contribution in [3.05, 3.63) is 35.6 Å². The lowest BCUT2D eigenvalue weighted by Gasteiger charge is -2.34. The first-order chi connectivity index (χ1) is 11.7. The van der Waals surface area contributed by atoms with Crippen LogP contribution >= 0.6 is 24.0 Å². The highest BCUT2D eigenvalue weighted by Crippen LogP contribution is 2.22. The number of ether oxygens (including phenoxy) is 1. The van der Waals surface area contributed by atoms with Gasteiger partial charge in [0.2, 0.25) is 0 Å². The molecule has 8 heteroatoms. The molecule has 25 heavy (non-hydrogen) atoms. The maximum atomic E-state index is 13.2. The summed E-state index contributed by atoms with van der Waals surface area (Å²) < 4.78 is 18.7. The lowest BCUT2D eigenvalue weighted by atomic mass is 10.0. The Morgan fingerprint density at radius 1 is 1.28 bits per heavy atom. The number of nitrogens with zero attached hydrogens (tertiary/aromatic N) is 2. The molecule has 1 saturated heterocycles. The SMILES string of the molecule is CCNC(=NCC(c1ccc(F)cc1)N1CCOCC1)NCCO.I. The third-order valence-electron chi connectivity index (χ3n) is 3.91.